The maximum atomic E-state index is 4.29. The molecular weight excluding hydrogens is 162 g/mol. The summed E-state index contributed by atoms with van der Waals surface area (Å²) in [6, 6.07) is 6.08. The van der Waals surface area contributed by atoms with Crippen LogP contribution in [0.4, 0.5) is 0 Å². The van der Waals surface area contributed by atoms with Crippen molar-refractivity contribution in [2.45, 2.75) is 0 Å². The summed E-state index contributed by atoms with van der Waals surface area (Å²) in [5.74, 6) is 0. The molecule has 0 unspecified atom stereocenters. The molecular formula is C10H8N3+. The molecule has 62 valence electrons. The first-order valence-corrected chi connectivity index (χ1v) is 4.17. The van der Waals surface area contributed by atoms with Crippen LogP contribution in [0, 0.1) is 0 Å². The molecule has 0 saturated carbocycles. The Labute approximate surface area is 74.9 Å². The van der Waals surface area contributed by atoms with E-state index in [0.29, 0.717) is 0 Å². The van der Waals surface area contributed by atoms with E-state index in [1.165, 1.54) is 0 Å². The Hall–Kier alpha value is -1.90. The van der Waals surface area contributed by atoms with Crippen LogP contribution in [0.1, 0.15) is 0 Å². The van der Waals surface area contributed by atoms with E-state index in [1.807, 2.05) is 47.5 Å². The largest absolute Gasteiger partial charge is 0.296 e. The summed E-state index contributed by atoms with van der Waals surface area (Å²) < 4.78 is 4.07. The van der Waals surface area contributed by atoms with Gasteiger partial charge in [0.2, 0.25) is 5.65 Å². The Morgan fingerprint density at radius 1 is 1.15 bits per heavy atom. The van der Waals surface area contributed by atoms with Crippen LogP contribution in [0.25, 0.3) is 11.2 Å². The highest BCUT2D eigenvalue weighted by Crippen LogP contribution is 2.04. The minimum absolute atomic E-state index is 0.989. The van der Waals surface area contributed by atoms with Crippen LogP contribution in [0.5, 0.6) is 0 Å². The standard InChI is InChI=1S/C10H8N3/c1-2-5-12-7-8-13-6-4-11-10(13)9(12)3-1/h1-8H/q+1. The van der Waals surface area contributed by atoms with E-state index in [9.17, 15) is 0 Å². The Morgan fingerprint density at radius 3 is 3.15 bits per heavy atom. The summed E-state index contributed by atoms with van der Waals surface area (Å²) in [4.78, 5) is 4.29. The Morgan fingerprint density at radius 2 is 2.15 bits per heavy atom. The topological polar surface area (TPSA) is 21.4 Å². The van der Waals surface area contributed by atoms with Crippen molar-refractivity contribution in [3.8, 4) is 0 Å². The van der Waals surface area contributed by atoms with Gasteiger partial charge in [-0.15, -0.1) is 0 Å². The summed E-state index contributed by atoms with van der Waals surface area (Å²) in [5, 5.41) is 0. The highest BCUT2D eigenvalue weighted by molar-refractivity contribution is 5.65. The van der Waals surface area contributed by atoms with Gasteiger partial charge < -0.3 is 0 Å². The Bertz CT molecular complexity index is 568. The highest BCUT2D eigenvalue weighted by atomic mass is 15.0. The average molecular weight is 170 g/mol. The Balaban J connectivity index is 2.65. The SMILES string of the molecule is c1cc[n+]2ccn3ccnc3c2c1. The van der Waals surface area contributed by atoms with E-state index in [-0.39, 0.29) is 0 Å². The van der Waals surface area contributed by atoms with E-state index in [0.717, 1.165) is 11.2 Å². The molecule has 0 spiro atoms. The zero-order valence-electron chi connectivity index (χ0n) is 6.96. The molecule has 0 aromatic carbocycles. The zero-order chi connectivity index (χ0) is 8.67. The predicted octanol–water partition coefficient (Wildman–Crippen LogP) is 1.07. The molecule has 0 amide bonds. The third-order valence-corrected chi connectivity index (χ3v) is 2.18. The lowest BCUT2D eigenvalue weighted by atomic mass is 10.4. The van der Waals surface area contributed by atoms with Crippen molar-refractivity contribution in [2.75, 3.05) is 0 Å². The van der Waals surface area contributed by atoms with Gasteiger partial charge in [-0.1, -0.05) is 0 Å². The van der Waals surface area contributed by atoms with Crippen LogP contribution in [0.3, 0.4) is 0 Å². The van der Waals surface area contributed by atoms with Crippen molar-refractivity contribution in [1.82, 2.24) is 9.38 Å². The molecule has 0 aliphatic rings. The smallest absolute Gasteiger partial charge is 0.254 e. The van der Waals surface area contributed by atoms with Crippen LogP contribution in [0.2, 0.25) is 0 Å². The van der Waals surface area contributed by atoms with Crippen molar-refractivity contribution < 1.29 is 4.40 Å². The van der Waals surface area contributed by atoms with Gasteiger partial charge in [0.1, 0.15) is 0 Å². The molecule has 0 radical (unpaired) electrons. The monoisotopic (exact) mass is 170 g/mol. The fourth-order valence-electron chi connectivity index (χ4n) is 1.55. The van der Waals surface area contributed by atoms with Crippen molar-refractivity contribution >= 4 is 11.2 Å². The number of fused-ring (bicyclic) bond motifs is 3. The second-order valence-corrected chi connectivity index (χ2v) is 2.95. The molecule has 3 rings (SSSR count). The molecule has 0 fully saturated rings. The lowest BCUT2D eigenvalue weighted by Crippen LogP contribution is -2.21. The lowest BCUT2D eigenvalue weighted by molar-refractivity contribution is -0.511. The molecule has 3 nitrogen and oxygen atoms in total. The van der Waals surface area contributed by atoms with Crippen LogP contribution in [-0.4, -0.2) is 9.38 Å². The first-order valence-electron chi connectivity index (χ1n) is 4.17. The van der Waals surface area contributed by atoms with E-state index in [1.54, 1.807) is 0 Å². The predicted molar refractivity (Wildman–Crippen MR) is 48.4 cm³/mol. The van der Waals surface area contributed by atoms with Gasteiger partial charge >= 0.3 is 0 Å². The van der Waals surface area contributed by atoms with Gasteiger partial charge in [-0.3, -0.25) is 4.40 Å². The van der Waals surface area contributed by atoms with Crippen LogP contribution in [-0.2, 0) is 0 Å². The number of hydrogen-bond acceptors (Lipinski definition) is 1. The highest BCUT2D eigenvalue weighted by Gasteiger charge is 2.06. The molecule has 0 aliphatic heterocycles. The summed E-state index contributed by atoms with van der Waals surface area (Å²) in [6.45, 7) is 0. The van der Waals surface area contributed by atoms with Crippen LogP contribution >= 0.6 is 0 Å². The fraction of sp³-hybridized carbons (Fsp3) is 0. The van der Waals surface area contributed by atoms with E-state index >= 15 is 0 Å². The van der Waals surface area contributed by atoms with Crippen molar-refractivity contribution in [1.29, 1.82) is 0 Å². The van der Waals surface area contributed by atoms with Crippen molar-refractivity contribution in [2.24, 2.45) is 0 Å². The third-order valence-electron chi connectivity index (χ3n) is 2.18. The summed E-state index contributed by atoms with van der Waals surface area (Å²) in [5.41, 5.74) is 2.11. The molecule has 3 aromatic heterocycles. The summed E-state index contributed by atoms with van der Waals surface area (Å²) in [6.07, 6.45) is 9.79. The number of nitrogens with zero attached hydrogens (tertiary/aromatic N) is 3. The van der Waals surface area contributed by atoms with Crippen LogP contribution in [0.15, 0.2) is 49.2 Å². The van der Waals surface area contributed by atoms with Gasteiger partial charge in [-0.05, 0) is 6.07 Å². The molecule has 0 bridgehead atoms. The van der Waals surface area contributed by atoms with Crippen LogP contribution < -0.4 is 4.40 Å². The minimum atomic E-state index is 0.989. The Kier molecular flexibility index (Phi) is 1.16. The number of rotatable bonds is 0. The normalized spacial score (nSPS) is 11.1. The molecule has 0 aliphatic carbocycles. The van der Waals surface area contributed by atoms with E-state index < -0.39 is 0 Å². The van der Waals surface area contributed by atoms with E-state index in [4.69, 9.17) is 0 Å². The molecule has 3 heterocycles. The summed E-state index contributed by atoms with van der Waals surface area (Å²) in [7, 11) is 0. The van der Waals surface area contributed by atoms with Gasteiger partial charge in [0.05, 0.1) is 6.20 Å². The lowest BCUT2D eigenvalue weighted by Gasteiger charge is -1.92. The average Bonchev–Trinajstić information content (AvgIpc) is 2.65. The second kappa shape index (κ2) is 2.29. The minimum Gasteiger partial charge on any atom is -0.296 e. The first-order chi connectivity index (χ1) is 6.45. The maximum Gasteiger partial charge on any atom is 0.254 e. The summed E-state index contributed by atoms with van der Waals surface area (Å²) >= 11 is 0. The first kappa shape index (κ1) is 6.60. The van der Waals surface area contributed by atoms with Gasteiger partial charge in [0.25, 0.3) is 5.52 Å². The second-order valence-electron chi connectivity index (χ2n) is 2.95. The number of hydrogen-bond donors (Lipinski definition) is 0. The molecule has 0 saturated heterocycles. The number of aromatic nitrogens is 3. The molecule has 0 atom stereocenters. The molecule has 0 N–H and O–H groups in total. The van der Waals surface area contributed by atoms with Gasteiger partial charge in [0, 0.05) is 24.5 Å². The maximum absolute atomic E-state index is 4.29. The fourth-order valence-corrected chi connectivity index (χ4v) is 1.55. The van der Waals surface area contributed by atoms with E-state index in [2.05, 4.69) is 15.5 Å². The molecule has 3 heteroatoms. The van der Waals surface area contributed by atoms with Crippen molar-refractivity contribution in [3.63, 3.8) is 0 Å². The molecule has 3 aromatic rings. The molecule has 13 heavy (non-hydrogen) atoms. The van der Waals surface area contributed by atoms with Gasteiger partial charge in [-0.2, -0.15) is 4.40 Å². The number of imidazole rings is 1. The van der Waals surface area contributed by atoms with Crippen molar-refractivity contribution in [3.05, 3.63) is 49.2 Å². The third kappa shape index (κ3) is 0.839. The number of pyridine rings is 1. The van der Waals surface area contributed by atoms with Gasteiger partial charge in [-0.25, -0.2) is 4.98 Å². The van der Waals surface area contributed by atoms with Gasteiger partial charge in [0.15, 0.2) is 12.4 Å². The quantitative estimate of drug-likeness (QED) is 0.462. The zero-order valence-corrected chi connectivity index (χ0v) is 6.96.